The first-order valence-electron chi connectivity index (χ1n) is 4.56. The van der Waals surface area contributed by atoms with Gasteiger partial charge >= 0.3 is 35.5 Å². The van der Waals surface area contributed by atoms with E-state index in [1.54, 1.807) is 0 Å². The van der Waals surface area contributed by atoms with Gasteiger partial charge in [0.1, 0.15) is 0 Å². The second-order valence-corrected chi connectivity index (χ2v) is 3.21. The molecule has 5 nitrogen and oxygen atoms in total. The molecule has 0 unspecified atom stereocenters. The summed E-state index contributed by atoms with van der Waals surface area (Å²) in [6.45, 7) is 2.54. The topological polar surface area (TPSA) is 111 Å². The van der Waals surface area contributed by atoms with E-state index >= 15 is 0 Å². The van der Waals surface area contributed by atoms with Crippen LogP contribution in [0.2, 0.25) is 0 Å². The van der Waals surface area contributed by atoms with Gasteiger partial charge < -0.3 is 26.5 Å². The molecule has 0 amide bonds. The van der Waals surface area contributed by atoms with Crippen LogP contribution in [-0.4, -0.2) is 18.1 Å². The predicted octanol–water partition coefficient (Wildman–Crippen LogP) is 1.53. The van der Waals surface area contributed by atoms with Crippen LogP contribution in [0, 0.1) is 0 Å². The molecule has 0 aromatic rings. The number of carboxylic acids is 1. The van der Waals surface area contributed by atoms with Crippen molar-refractivity contribution in [3.63, 3.8) is 0 Å². The standard InChI is InChI=1S/C6H12N2.C3H4O3.CH4.HI.Pt/c7-5-3-1-2-4-6(5)8;1-2(4)3(5)6;;;/h5-8H,1-4H2;4H,1H2,(H,5,6);1H4;1H;/q-2;;;;+1/p-3/t5-,6-;;;;/m1..../s1. The van der Waals surface area contributed by atoms with Gasteiger partial charge in [0.2, 0.25) is 0 Å². The Kier molecular flexibility index (Phi) is 19.1. The average molecular weight is 536 g/mol. The summed E-state index contributed by atoms with van der Waals surface area (Å²) in [7, 11) is 0. The fraction of sp³-hybridized carbons (Fsp3) is 0.700. The zero-order valence-corrected chi connectivity index (χ0v) is 13.0. The van der Waals surface area contributed by atoms with Crippen LogP contribution in [0.4, 0.5) is 0 Å². The summed E-state index contributed by atoms with van der Waals surface area (Å²) in [5.41, 5.74) is 14.6. The third-order valence-electron chi connectivity index (χ3n) is 1.99. The molecule has 0 bridgehead atoms. The van der Waals surface area contributed by atoms with Gasteiger partial charge in [-0.1, -0.05) is 38.9 Å². The number of rotatable bonds is 1. The second kappa shape index (κ2) is 14.4. The summed E-state index contributed by atoms with van der Waals surface area (Å²) in [5.74, 6) is -2.93. The second-order valence-electron chi connectivity index (χ2n) is 3.21. The average Bonchev–Trinajstić information content (AvgIpc) is 2.26. The number of carbonyl (C=O) groups excluding carboxylic acids is 1. The SMILES string of the molecule is C.C=C([O-])C(=O)[O-].[I][Pt].[NH-][C@@H]1CCCC[C@H]1[NH-]. The molecule has 0 spiro atoms. The number of halogens is 1. The van der Waals surface area contributed by atoms with Crippen LogP contribution in [0.25, 0.3) is 11.5 Å². The van der Waals surface area contributed by atoms with Crippen LogP contribution in [0.3, 0.4) is 0 Å². The quantitative estimate of drug-likeness (QED) is 0.288. The van der Waals surface area contributed by atoms with E-state index in [-0.39, 0.29) is 19.5 Å². The molecule has 2 atom stereocenters. The van der Waals surface area contributed by atoms with Gasteiger partial charge in [0, 0.05) is 0 Å². The van der Waals surface area contributed by atoms with E-state index in [2.05, 4.69) is 42.1 Å². The van der Waals surface area contributed by atoms with E-state index in [0.717, 1.165) is 12.8 Å². The van der Waals surface area contributed by atoms with Crippen molar-refractivity contribution < 1.29 is 31.1 Å². The van der Waals surface area contributed by atoms with Gasteiger partial charge in [-0.05, 0) is 0 Å². The molecule has 0 aromatic heterocycles. The van der Waals surface area contributed by atoms with E-state index in [4.69, 9.17) is 11.5 Å². The molecule has 1 rings (SSSR count). The minimum atomic E-state index is -1.74. The molecular formula is C10H18IN2O3Pt-4. The van der Waals surface area contributed by atoms with Crippen molar-refractivity contribution in [1.82, 2.24) is 0 Å². The number of carbonyl (C=O) groups is 1. The van der Waals surface area contributed by atoms with E-state index in [0.29, 0.717) is 0 Å². The summed E-state index contributed by atoms with van der Waals surface area (Å²) in [6.07, 6.45) is 4.25. The fourth-order valence-corrected chi connectivity index (χ4v) is 1.13. The van der Waals surface area contributed by atoms with Gasteiger partial charge in [0.15, 0.2) is 0 Å². The van der Waals surface area contributed by atoms with Gasteiger partial charge in [0.05, 0.1) is 5.97 Å². The third-order valence-corrected chi connectivity index (χ3v) is 1.99. The molecule has 1 aliphatic carbocycles. The smallest absolute Gasteiger partial charge is 0.0548 e. The normalized spacial score (nSPS) is 21.7. The summed E-state index contributed by atoms with van der Waals surface area (Å²) in [6, 6.07) is -0.160. The molecule has 0 aromatic carbocycles. The van der Waals surface area contributed by atoms with Crippen LogP contribution >= 0.6 is 19.4 Å². The van der Waals surface area contributed by atoms with Gasteiger partial charge in [-0.15, -0.1) is 6.58 Å². The molecule has 1 aliphatic rings. The molecule has 17 heavy (non-hydrogen) atoms. The minimum absolute atomic E-state index is 0. The van der Waals surface area contributed by atoms with Crippen LogP contribution in [-0.2, 0) is 20.9 Å². The molecule has 2 N–H and O–H groups in total. The Morgan fingerprint density at radius 2 is 1.41 bits per heavy atom. The molecule has 0 aliphatic heterocycles. The fourth-order valence-electron chi connectivity index (χ4n) is 1.13. The van der Waals surface area contributed by atoms with E-state index in [1.165, 1.54) is 12.8 Å². The zero-order chi connectivity index (χ0) is 13.1. The first-order valence-corrected chi connectivity index (χ1v) is 11.0. The molecule has 0 heterocycles. The number of aliphatic carboxylic acids is 1. The van der Waals surface area contributed by atoms with Crippen molar-refractivity contribution in [2.75, 3.05) is 0 Å². The molecule has 1 fully saturated rings. The Morgan fingerprint density at radius 1 is 1.18 bits per heavy atom. The summed E-state index contributed by atoms with van der Waals surface area (Å²) in [4.78, 5) is 9.18. The largest absolute Gasteiger partial charge is 0.676 e. The van der Waals surface area contributed by atoms with Crippen LogP contribution < -0.4 is 10.2 Å². The van der Waals surface area contributed by atoms with Crippen molar-refractivity contribution in [1.29, 1.82) is 0 Å². The molecular weight excluding hydrogens is 518 g/mol. The maximum absolute atomic E-state index is 9.37. The number of nitrogens with one attached hydrogen (secondary N) is 2. The van der Waals surface area contributed by atoms with Crippen LogP contribution in [0.5, 0.6) is 0 Å². The monoisotopic (exact) mass is 536 g/mol. The first kappa shape index (κ1) is 22.5. The van der Waals surface area contributed by atoms with Gasteiger partial charge in [0.25, 0.3) is 0 Å². The van der Waals surface area contributed by atoms with Crippen molar-refractivity contribution in [3.8, 4) is 0 Å². The van der Waals surface area contributed by atoms with E-state index in [9.17, 15) is 15.0 Å². The van der Waals surface area contributed by atoms with Gasteiger partial charge in [-0.2, -0.15) is 12.1 Å². The molecule has 107 valence electrons. The summed E-state index contributed by atoms with van der Waals surface area (Å²) >= 11 is 4.23. The van der Waals surface area contributed by atoms with Gasteiger partial charge in [-0.3, -0.25) is 0 Å². The van der Waals surface area contributed by atoms with Crippen molar-refractivity contribution in [3.05, 3.63) is 23.8 Å². The Labute approximate surface area is 125 Å². The van der Waals surface area contributed by atoms with Crippen LogP contribution in [0.15, 0.2) is 12.3 Å². The maximum Gasteiger partial charge on any atom is -0.0548 e. The summed E-state index contributed by atoms with van der Waals surface area (Å²) in [5, 5.41) is 18.5. The molecule has 1 saturated carbocycles. The Bertz CT molecular complexity index is 196. The number of hydrogen-bond donors (Lipinski definition) is 0. The number of hydrogen-bond acceptors (Lipinski definition) is 3. The van der Waals surface area contributed by atoms with Gasteiger partial charge in [-0.25, -0.2) is 0 Å². The van der Waals surface area contributed by atoms with Crippen molar-refractivity contribution >= 4 is 25.3 Å². The van der Waals surface area contributed by atoms with Crippen molar-refractivity contribution in [2.45, 2.75) is 45.2 Å². The Morgan fingerprint density at radius 3 is 1.53 bits per heavy atom. The van der Waals surface area contributed by atoms with Crippen LogP contribution in [0.1, 0.15) is 33.1 Å². The zero-order valence-electron chi connectivity index (χ0n) is 8.61. The predicted molar refractivity (Wildman–Crippen MR) is 69.6 cm³/mol. The molecule has 0 radical (unpaired) electrons. The van der Waals surface area contributed by atoms with E-state index in [1.807, 2.05) is 0 Å². The Hall–Kier alpha value is 0.348. The third kappa shape index (κ3) is 14.3. The maximum atomic E-state index is 9.37. The minimum Gasteiger partial charge on any atom is -0.676 e. The number of carboxylic acid groups (broad SMARTS) is 1. The molecule has 7 heteroatoms. The van der Waals surface area contributed by atoms with Crippen molar-refractivity contribution in [2.24, 2.45) is 0 Å². The Balaban J connectivity index is -0.000000197. The summed E-state index contributed by atoms with van der Waals surface area (Å²) < 4.78 is 0. The van der Waals surface area contributed by atoms with E-state index < -0.39 is 11.7 Å². The molecule has 0 saturated heterocycles. The first-order chi connectivity index (χ1) is 7.45.